The molecule has 1 amide bonds. The number of sulfonamides is 1. The molecule has 0 atom stereocenters. The van der Waals surface area contributed by atoms with Crippen LogP contribution in [0.4, 0.5) is 0 Å². The van der Waals surface area contributed by atoms with Gasteiger partial charge in [0.1, 0.15) is 25.6 Å². The molecular weight excluding hydrogens is 458 g/mol. The summed E-state index contributed by atoms with van der Waals surface area (Å²) in [6, 6.07) is 17.3. The van der Waals surface area contributed by atoms with Crippen molar-refractivity contribution < 1.29 is 27.4 Å². The van der Waals surface area contributed by atoms with Gasteiger partial charge in [0.15, 0.2) is 11.5 Å². The maximum atomic E-state index is 12.9. The van der Waals surface area contributed by atoms with Gasteiger partial charge in [0.2, 0.25) is 15.9 Å². The fraction of sp³-hybridized carbons (Fsp3) is 0.250. The van der Waals surface area contributed by atoms with Gasteiger partial charge in [-0.05, 0) is 42.0 Å². The third kappa shape index (κ3) is 5.83. The Morgan fingerprint density at radius 1 is 1.06 bits per heavy atom. The molecule has 1 aromatic heterocycles. The monoisotopic (exact) mass is 483 g/mol. The summed E-state index contributed by atoms with van der Waals surface area (Å²) >= 11 is 0. The SMILES string of the molecule is CN(CC(=O)NCc1cccc(OCc2ccccn2)c1)S(=O)(=O)c1ccc2c(c1)OCCO2. The standard InChI is InChI=1S/C24H25N3O6S/c1-27(34(29,30)21-8-9-22-23(14-21)32-12-11-31-22)16-24(28)26-15-18-5-4-7-20(13-18)33-17-19-6-2-3-10-25-19/h2-10,13-14H,11-12,15-17H2,1H3,(H,26,28). The number of fused-ring (bicyclic) bond motifs is 1. The molecule has 0 aliphatic carbocycles. The summed E-state index contributed by atoms with van der Waals surface area (Å²) in [6.45, 7) is 1.01. The number of hydrogen-bond acceptors (Lipinski definition) is 7. The number of nitrogens with one attached hydrogen (secondary N) is 1. The van der Waals surface area contributed by atoms with Crippen LogP contribution in [0.3, 0.4) is 0 Å². The average Bonchev–Trinajstić information content (AvgIpc) is 2.87. The third-order valence-electron chi connectivity index (χ3n) is 5.09. The molecular formula is C24H25N3O6S. The van der Waals surface area contributed by atoms with Crippen LogP contribution in [0, 0.1) is 0 Å². The molecule has 0 bridgehead atoms. The van der Waals surface area contributed by atoms with E-state index in [1.807, 2.05) is 42.5 Å². The lowest BCUT2D eigenvalue weighted by atomic mass is 10.2. The number of aromatic nitrogens is 1. The van der Waals surface area contributed by atoms with Crippen LogP contribution in [0.1, 0.15) is 11.3 Å². The maximum Gasteiger partial charge on any atom is 0.243 e. The van der Waals surface area contributed by atoms with Crippen molar-refractivity contribution in [2.45, 2.75) is 18.0 Å². The zero-order valence-corrected chi connectivity index (χ0v) is 19.5. The lowest BCUT2D eigenvalue weighted by Gasteiger charge is -2.21. The molecule has 34 heavy (non-hydrogen) atoms. The fourth-order valence-corrected chi connectivity index (χ4v) is 4.44. The van der Waals surface area contributed by atoms with Gasteiger partial charge in [0.25, 0.3) is 0 Å². The minimum absolute atomic E-state index is 0.0322. The van der Waals surface area contributed by atoms with E-state index in [1.54, 1.807) is 12.3 Å². The molecule has 0 unspecified atom stereocenters. The molecule has 0 spiro atoms. The molecule has 4 rings (SSSR count). The Morgan fingerprint density at radius 3 is 2.68 bits per heavy atom. The fourth-order valence-electron chi connectivity index (χ4n) is 3.29. The molecule has 9 nitrogen and oxygen atoms in total. The van der Waals surface area contributed by atoms with Gasteiger partial charge in [-0.1, -0.05) is 18.2 Å². The number of benzene rings is 2. The number of hydrogen-bond donors (Lipinski definition) is 1. The molecule has 0 fully saturated rings. The van der Waals surface area contributed by atoms with Gasteiger partial charge in [-0.25, -0.2) is 8.42 Å². The number of amides is 1. The molecule has 2 aromatic carbocycles. The molecule has 1 aliphatic heterocycles. The largest absolute Gasteiger partial charge is 0.487 e. The zero-order chi connectivity index (χ0) is 24.0. The molecule has 10 heteroatoms. The van der Waals surface area contributed by atoms with Gasteiger partial charge in [-0.15, -0.1) is 0 Å². The third-order valence-corrected chi connectivity index (χ3v) is 6.89. The van der Waals surface area contributed by atoms with Crippen LogP contribution in [-0.4, -0.2) is 50.4 Å². The number of nitrogens with zero attached hydrogens (tertiary/aromatic N) is 2. The van der Waals surface area contributed by atoms with Crippen LogP contribution in [-0.2, 0) is 28.0 Å². The first kappa shape index (κ1) is 23.5. The summed E-state index contributed by atoms with van der Waals surface area (Å²) in [6.07, 6.45) is 1.70. The number of pyridine rings is 1. The van der Waals surface area contributed by atoms with Crippen molar-refractivity contribution in [2.24, 2.45) is 0 Å². The van der Waals surface area contributed by atoms with Crippen molar-refractivity contribution in [1.29, 1.82) is 0 Å². The number of rotatable bonds is 9. The van der Waals surface area contributed by atoms with Crippen LogP contribution in [0.2, 0.25) is 0 Å². The Bertz CT molecular complexity index is 1250. The van der Waals surface area contributed by atoms with Gasteiger partial charge in [0, 0.05) is 25.9 Å². The number of carbonyl (C=O) groups is 1. The normalized spacial score (nSPS) is 12.9. The Kier molecular flexibility index (Phi) is 7.29. The van der Waals surface area contributed by atoms with Crippen molar-refractivity contribution in [3.63, 3.8) is 0 Å². The van der Waals surface area contributed by atoms with Crippen LogP contribution in [0.25, 0.3) is 0 Å². The van der Waals surface area contributed by atoms with Crippen LogP contribution >= 0.6 is 0 Å². The van der Waals surface area contributed by atoms with E-state index in [4.69, 9.17) is 14.2 Å². The molecule has 1 aliphatic rings. The second-order valence-electron chi connectivity index (χ2n) is 7.60. The maximum absolute atomic E-state index is 12.9. The molecule has 178 valence electrons. The van der Waals surface area contributed by atoms with E-state index < -0.39 is 15.9 Å². The van der Waals surface area contributed by atoms with Crippen LogP contribution in [0.5, 0.6) is 17.2 Å². The quantitative estimate of drug-likeness (QED) is 0.498. The first-order chi connectivity index (χ1) is 16.4. The summed E-state index contributed by atoms with van der Waals surface area (Å²) in [5.74, 6) is 1.09. The van der Waals surface area contributed by atoms with Crippen LogP contribution < -0.4 is 19.5 Å². The number of likely N-dealkylation sites (N-methyl/N-ethyl adjacent to an activating group) is 1. The summed E-state index contributed by atoms with van der Waals surface area (Å²) in [5, 5.41) is 2.75. The minimum Gasteiger partial charge on any atom is -0.487 e. The van der Waals surface area contributed by atoms with Crippen molar-refractivity contribution >= 4 is 15.9 Å². The zero-order valence-electron chi connectivity index (χ0n) is 18.6. The first-order valence-electron chi connectivity index (χ1n) is 10.7. The second-order valence-corrected chi connectivity index (χ2v) is 9.65. The van der Waals surface area contributed by atoms with Crippen molar-refractivity contribution in [3.05, 3.63) is 78.1 Å². The molecule has 3 aromatic rings. The lowest BCUT2D eigenvalue weighted by molar-refractivity contribution is -0.121. The molecule has 0 radical (unpaired) electrons. The number of carbonyl (C=O) groups excluding carboxylic acids is 1. The van der Waals surface area contributed by atoms with E-state index in [1.165, 1.54) is 19.2 Å². The Labute approximate surface area is 198 Å². The van der Waals surface area contributed by atoms with E-state index >= 15 is 0 Å². The predicted octanol–water partition coefficient (Wildman–Crippen LogP) is 2.37. The van der Waals surface area contributed by atoms with E-state index in [0.29, 0.717) is 37.1 Å². The van der Waals surface area contributed by atoms with Gasteiger partial charge >= 0.3 is 0 Å². The van der Waals surface area contributed by atoms with E-state index in [0.717, 1.165) is 15.6 Å². The smallest absolute Gasteiger partial charge is 0.243 e. The summed E-state index contributed by atoms with van der Waals surface area (Å²) in [4.78, 5) is 16.7. The van der Waals surface area contributed by atoms with E-state index in [2.05, 4.69) is 10.3 Å². The minimum atomic E-state index is -3.88. The summed E-state index contributed by atoms with van der Waals surface area (Å²) in [5.41, 5.74) is 1.63. The molecule has 1 N–H and O–H groups in total. The van der Waals surface area contributed by atoms with Gasteiger partial charge in [0.05, 0.1) is 17.1 Å². The first-order valence-corrected chi connectivity index (χ1v) is 12.1. The molecule has 0 saturated heterocycles. The Morgan fingerprint density at radius 2 is 1.88 bits per heavy atom. The highest BCUT2D eigenvalue weighted by atomic mass is 32.2. The highest BCUT2D eigenvalue weighted by Gasteiger charge is 2.25. The van der Waals surface area contributed by atoms with Gasteiger partial charge in [-0.2, -0.15) is 4.31 Å². The topological polar surface area (TPSA) is 107 Å². The average molecular weight is 484 g/mol. The van der Waals surface area contributed by atoms with Crippen molar-refractivity contribution in [3.8, 4) is 17.2 Å². The van der Waals surface area contributed by atoms with Crippen LogP contribution in [0.15, 0.2) is 71.8 Å². The lowest BCUT2D eigenvalue weighted by Crippen LogP contribution is -2.38. The highest BCUT2D eigenvalue weighted by molar-refractivity contribution is 7.89. The highest BCUT2D eigenvalue weighted by Crippen LogP contribution is 2.32. The van der Waals surface area contributed by atoms with E-state index in [-0.39, 0.29) is 18.0 Å². The van der Waals surface area contributed by atoms with Gasteiger partial charge < -0.3 is 19.5 Å². The summed E-state index contributed by atoms with van der Waals surface area (Å²) in [7, 11) is -2.52. The number of ether oxygens (including phenoxy) is 3. The Balaban J connectivity index is 1.31. The second kappa shape index (κ2) is 10.5. The van der Waals surface area contributed by atoms with Gasteiger partial charge in [-0.3, -0.25) is 9.78 Å². The van der Waals surface area contributed by atoms with Crippen molar-refractivity contribution in [2.75, 3.05) is 26.8 Å². The Hall–Kier alpha value is -3.63. The summed E-state index contributed by atoms with van der Waals surface area (Å²) < 4.78 is 43.4. The molecule has 0 saturated carbocycles. The van der Waals surface area contributed by atoms with Crippen molar-refractivity contribution in [1.82, 2.24) is 14.6 Å². The van der Waals surface area contributed by atoms with E-state index in [9.17, 15) is 13.2 Å². The molecule has 2 heterocycles. The predicted molar refractivity (Wildman–Crippen MR) is 124 cm³/mol.